The predicted molar refractivity (Wildman–Crippen MR) is 108 cm³/mol. The van der Waals surface area contributed by atoms with Crippen molar-refractivity contribution in [2.24, 2.45) is 0 Å². The minimum absolute atomic E-state index is 0.0725. The van der Waals surface area contributed by atoms with Crippen molar-refractivity contribution in [3.63, 3.8) is 0 Å². The van der Waals surface area contributed by atoms with Gasteiger partial charge in [0.1, 0.15) is 12.4 Å². The Morgan fingerprint density at radius 1 is 1.08 bits per heavy atom. The van der Waals surface area contributed by atoms with Gasteiger partial charge >= 0.3 is 0 Å². The molecule has 138 valence electrons. The van der Waals surface area contributed by atoms with Gasteiger partial charge in [-0.05, 0) is 48.6 Å². The molecule has 0 unspecified atom stereocenters. The van der Waals surface area contributed by atoms with Crippen LogP contribution in [0.5, 0.6) is 5.75 Å². The summed E-state index contributed by atoms with van der Waals surface area (Å²) >= 11 is 0. The molecule has 1 atom stereocenters. The SMILES string of the molecule is Cc1ccc(OC[C@@H](C)NC(=O)/C=C/c2ccc(C(C)(C)C)cc2)cc1. The summed E-state index contributed by atoms with van der Waals surface area (Å²) in [6.45, 7) is 11.0. The van der Waals surface area contributed by atoms with Crippen molar-refractivity contribution in [2.45, 2.75) is 46.1 Å². The lowest BCUT2D eigenvalue weighted by atomic mass is 9.87. The lowest BCUT2D eigenvalue weighted by Gasteiger charge is -2.18. The summed E-state index contributed by atoms with van der Waals surface area (Å²) in [5.74, 6) is 0.691. The van der Waals surface area contributed by atoms with E-state index in [2.05, 4.69) is 38.2 Å². The molecule has 26 heavy (non-hydrogen) atoms. The van der Waals surface area contributed by atoms with E-state index < -0.39 is 0 Å². The minimum atomic E-state index is -0.120. The Kier molecular flexibility index (Phi) is 6.62. The van der Waals surface area contributed by atoms with Crippen molar-refractivity contribution in [1.82, 2.24) is 5.32 Å². The fourth-order valence-electron chi connectivity index (χ4n) is 2.45. The van der Waals surface area contributed by atoms with E-state index in [1.54, 1.807) is 6.08 Å². The van der Waals surface area contributed by atoms with Gasteiger partial charge in [-0.25, -0.2) is 0 Å². The van der Waals surface area contributed by atoms with Gasteiger partial charge in [-0.2, -0.15) is 0 Å². The maximum absolute atomic E-state index is 12.1. The number of hydrogen-bond acceptors (Lipinski definition) is 2. The first-order valence-corrected chi connectivity index (χ1v) is 9.02. The normalized spacial score (nSPS) is 12.8. The molecule has 0 bridgehead atoms. The molecule has 3 heteroatoms. The highest BCUT2D eigenvalue weighted by Crippen LogP contribution is 2.22. The molecule has 1 N–H and O–H groups in total. The summed E-state index contributed by atoms with van der Waals surface area (Å²) in [6.07, 6.45) is 3.39. The average Bonchev–Trinajstić information content (AvgIpc) is 2.59. The van der Waals surface area contributed by atoms with Gasteiger partial charge in [0.2, 0.25) is 5.91 Å². The number of hydrogen-bond donors (Lipinski definition) is 1. The van der Waals surface area contributed by atoms with Crippen LogP contribution in [0.25, 0.3) is 6.08 Å². The van der Waals surface area contributed by atoms with Crippen LogP contribution < -0.4 is 10.1 Å². The fourth-order valence-corrected chi connectivity index (χ4v) is 2.45. The van der Waals surface area contributed by atoms with Crippen LogP contribution in [0.1, 0.15) is 44.4 Å². The Bertz CT molecular complexity index is 737. The van der Waals surface area contributed by atoms with Crippen LogP contribution in [-0.4, -0.2) is 18.6 Å². The second-order valence-electron chi connectivity index (χ2n) is 7.74. The molecule has 0 fully saturated rings. The highest BCUT2D eigenvalue weighted by atomic mass is 16.5. The second-order valence-corrected chi connectivity index (χ2v) is 7.74. The third kappa shape index (κ3) is 6.40. The Balaban J connectivity index is 1.81. The summed E-state index contributed by atoms with van der Waals surface area (Å²) in [6, 6.07) is 16.1. The fraction of sp³-hybridized carbons (Fsp3) is 0.348. The number of ether oxygens (including phenoxy) is 1. The van der Waals surface area contributed by atoms with Crippen LogP contribution >= 0.6 is 0 Å². The molecule has 0 aliphatic carbocycles. The Hall–Kier alpha value is -2.55. The van der Waals surface area contributed by atoms with E-state index in [0.29, 0.717) is 6.61 Å². The van der Waals surface area contributed by atoms with Gasteiger partial charge in [0.05, 0.1) is 6.04 Å². The lowest BCUT2D eigenvalue weighted by Crippen LogP contribution is -2.35. The minimum Gasteiger partial charge on any atom is -0.491 e. The summed E-state index contributed by atoms with van der Waals surface area (Å²) in [7, 11) is 0. The van der Waals surface area contributed by atoms with Crippen LogP contribution in [-0.2, 0) is 10.2 Å². The highest BCUT2D eigenvalue weighted by molar-refractivity contribution is 5.91. The molecule has 0 saturated carbocycles. The van der Waals surface area contributed by atoms with Crippen LogP contribution in [0.3, 0.4) is 0 Å². The number of rotatable bonds is 6. The molecule has 2 rings (SSSR count). The van der Waals surface area contributed by atoms with Crippen molar-refractivity contribution >= 4 is 12.0 Å². The Morgan fingerprint density at radius 2 is 1.69 bits per heavy atom. The molecule has 0 heterocycles. The first kappa shape index (κ1) is 19.8. The number of carbonyl (C=O) groups excluding carboxylic acids is 1. The average molecular weight is 351 g/mol. The van der Waals surface area contributed by atoms with E-state index in [0.717, 1.165) is 11.3 Å². The monoisotopic (exact) mass is 351 g/mol. The molecule has 2 aromatic carbocycles. The van der Waals surface area contributed by atoms with Crippen molar-refractivity contribution in [1.29, 1.82) is 0 Å². The lowest BCUT2D eigenvalue weighted by molar-refractivity contribution is -0.117. The Morgan fingerprint density at radius 3 is 2.27 bits per heavy atom. The van der Waals surface area contributed by atoms with E-state index in [-0.39, 0.29) is 17.4 Å². The third-order valence-electron chi connectivity index (χ3n) is 4.11. The summed E-state index contributed by atoms with van der Waals surface area (Å²) in [4.78, 5) is 12.1. The van der Waals surface area contributed by atoms with E-state index >= 15 is 0 Å². The van der Waals surface area contributed by atoms with Crippen molar-refractivity contribution in [2.75, 3.05) is 6.61 Å². The number of carbonyl (C=O) groups is 1. The first-order chi connectivity index (χ1) is 12.2. The predicted octanol–water partition coefficient (Wildman–Crippen LogP) is 4.89. The largest absolute Gasteiger partial charge is 0.491 e. The third-order valence-corrected chi connectivity index (χ3v) is 4.11. The highest BCUT2D eigenvalue weighted by Gasteiger charge is 2.12. The second kappa shape index (κ2) is 8.70. The molecule has 0 spiro atoms. The maximum atomic E-state index is 12.1. The summed E-state index contributed by atoms with van der Waals surface area (Å²) < 4.78 is 5.69. The smallest absolute Gasteiger partial charge is 0.244 e. The van der Waals surface area contributed by atoms with Crippen LogP contribution in [0, 0.1) is 6.92 Å². The first-order valence-electron chi connectivity index (χ1n) is 9.02. The molecule has 0 radical (unpaired) electrons. The zero-order valence-electron chi connectivity index (χ0n) is 16.4. The zero-order chi connectivity index (χ0) is 19.2. The topological polar surface area (TPSA) is 38.3 Å². The summed E-state index contributed by atoms with van der Waals surface area (Å²) in [5, 5.41) is 2.92. The molecule has 1 amide bonds. The number of nitrogens with one attached hydrogen (secondary N) is 1. The van der Waals surface area contributed by atoms with E-state index in [4.69, 9.17) is 4.74 Å². The standard InChI is InChI=1S/C23H29NO2/c1-17-6-13-21(14-7-17)26-16-18(2)24-22(25)15-10-19-8-11-20(12-9-19)23(3,4)5/h6-15,18H,16H2,1-5H3,(H,24,25)/b15-10+/t18-/m1/s1. The van der Waals surface area contributed by atoms with Crippen molar-refractivity contribution in [3.8, 4) is 5.75 Å². The number of benzene rings is 2. The molecule has 0 saturated heterocycles. The van der Waals surface area contributed by atoms with Crippen molar-refractivity contribution < 1.29 is 9.53 Å². The zero-order valence-corrected chi connectivity index (χ0v) is 16.4. The Labute approximate surface area is 157 Å². The molecule has 0 aromatic heterocycles. The molecular weight excluding hydrogens is 322 g/mol. The van der Waals surface area contributed by atoms with Crippen LogP contribution in [0.15, 0.2) is 54.6 Å². The van der Waals surface area contributed by atoms with Gasteiger partial charge < -0.3 is 10.1 Å². The summed E-state index contributed by atoms with van der Waals surface area (Å²) in [5.41, 5.74) is 3.61. The molecule has 2 aromatic rings. The molecular formula is C23H29NO2. The van der Waals surface area contributed by atoms with Gasteiger partial charge in [0, 0.05) is 6.08 Å². The van der Waals surface area contributed by atoms with Crippen molar-refractivity contribution in [3.05, 3.63) is 71.3 Å². The van der Waals surface area contributed by atoms with Crippen LogP contribution in [0.4, 0.5) is 0 Å². The number of aryl methyl sites for hydroxylation is 1. The van der Waals surface area contributed by atoms with Gasteiger partial charge in [-0.15, -0.1) is 0 Å². The van der Waals surface area contributed by atoms with Gasteiger partial charge in [0.15, 0.2) is 0 Å². The number of amides is 1. The van der Waals surface area contributed by atoms with E-state index in [9.17, 15) is 4.79 Å². The van der Waals surface area contributed by atoms with Crippen LogP contribution in [0.2, 0.25) is 0 Å². The van der Waals surface area contributed by atoms with E-state index in [1.807, 2.05) is 56.3 Å². The van der Waals surface area contributed by atoms with Gasteiger partial charge in [-0.1, -0.05) is 62.7 Å². The quantitative estimate of drug-likeness (QED) is 0.753. The molecule has 0 aliphatic heterocycles. The molecule has 0 aliphatic rings. The van der Waals surface area contributed by atoms with Gasteiger partial charge in [0.25, 0.3) is 0 Å². The van der Waals surface area contributed by atoms with Gasteiger partial charge in [-0.3, -0.25) is 4.79 Å². The maximum Gasteiger partial charge on any atom is 0.244 e. The molecule has 3 nitrogen and oxygen atoms in total. The van der Waals surface area contributed by atoms with E-state index in [1.165, 1.54) is 11.1 Å².